The standard InChI is InChI=1S/C13H9ClFO/c14-12-4-2-1-3-11(12)9-5-6-13(15)10(7-9)8-16/h1-3,5-7,16H,8H2. The Kier molecular flexibility index (Phi) is 3.22. The van der Waals surface area contributed by atoms with E-state index < -0.39 is 5.82 Å². The minimum Gasteiger partial charge on any atom is -0.392 e. The number of rotatable bonds is 2. The highest BCUT2D eigenvalue weighted by atomic mass is 35.5. The average molecular weight is 236 g/mol. The molecular formula is C13H9ClFO. The summed E-state index contributed by atoms with van der Waals surface area (Å²) < 4.78 is 13.2. The molecule has 0 saturated heterocycles. The Bertz CT molecular complexity index is 511. The number of aliphatic hydroxyl groups is 1. The van der Waals surface area contributed by atoms with Crippen LogP contribution in [0.1, 0.15) is 5.56 Å². The van der Waals surface area contributed by atoms with Gasteiger partial charge in [-0.3, -0.25) is 0 Å². The lowest BCUT2D eigenvalue weighted by Crippen LogP contribution is -1.90. The van der Waals surface area contributed by atoms with E-state index in [2.05, 4.69) is 6.07 Å². The predicted octanol–water partition coefficient (Wildman–Crippen LogP) is 3.44. The van der Waals surface area contributed by atoms with Crippen molar-refractivity contribution < 1.29 is 9.50 Å². The molecule has 2 aromatic carbocycles. The van der Waals surface area contributed by atoms with Crippen molar-refractivity contribution in [1.29, 1.82) is 0 Å². The van der Waals surface area contributed by atoms with Crippen LogP contribution in [0.3, 0.4) is 0 Å². The monoisotopic (exact) mass is 235 g/mol. The molecule has 0 saturated carbocycles. The Balaban J connectivity index is 2.53. The SMILES string of the molecule is OCc1cc(-c2ccc[c]c2Cl)ccc1F. The van der Waals surface area contributed by atoms with E-state index in [9.17, 15) is 4.39 Å². The van der Waals surface area contributed by atoms with Gasteiger partial charge in [0.25, 0.3) is 0 Å². The predicted molar refractivity (Wildman–Crippen MR) is 61.6 cm³/mol. The van der Waals surface area contributed by atoms with Gasteiger partial charge in [-0.15, -0.1) is 0 Å². The molecule has 3 heteroatoms. The van der Waals surface area contributed by atoms with Crippen LogP contribution in [0.25, 0.3) is 11.1 Å². The van der Waals surface area contributed by atoms with E-state index in [1.807, 2.05) is 12.1 Å². The van der Waals surface area contributed by atoms with Crippen molar-refractivity contribution in [2.75, 3.05) is 0 Å². The van der Waals surface area contributed by atoms with Gasteiger partial charge in [0.1, 0.15) is 5.82 Å². The van der Waals surface area contributed by atoms with E-state index in [-0.39, 0.29) is 12.2 Å². The van der Waals surface area contributed by atoms with Crippen LogP contribution in [0, 0.1) is 11.9 Å². The third kappa shape index (κ3) is 2.08. The Morgan fingerprint density at radius 3 is 2.81 bits per heavy atom. The Morgan fingerprint density at radius 1 is 1.31 bits per heavy atom. The van der Waals surface area contributed by atoms with Gasteiger partial charge in [0.2, 0.25) is 0 Å². The molecule has 1 N–H and O–H groups in total. The van der Waals surface area contributed by atoms with Crippen LogP contribution in [0.15, 0.2) is 36.4 Å². The molecule has 0 aliphatic heterocycles. The van der Waals surface area contributed by atoms with Gasteiger partial charge in [0, 0.05) is 17.2 Å². The zero-order valence-corrected chi connectivity index (χ0v) is 9.13. The first-order chi connectivity index (χ1) is 7.72. The fourth-order valence-electron chi connectivity index (χ4n) is 1.50. The minimum atomic E-state index is -0.415. The average Bonchev–Trinajstić information content (AvgIpc) is 2.31. The lowest BCUT2D eigenvalue weighted by molar-refractivity contribution is 0.276. The van der Waals surface area contributed by atoms with Gasteiger partial charge in [0.15, 0.2) is 0 Å². The summed E-state index contributed by atoms with van der Waals surface area (Å²) in [6.07, 6.45) is 0. The molecule has 0 heterocycles. The number of hydrogen-bond donors (Lipinski definition) is 1. The fraction of sp³-hybridized carbons (Fsp3) is 0.0769. The van der Waals surface area contributed by atoms with Crippen molar-refractivity contribution in [2.45, 2.75) is 6.61 Å². The summed E-state index contributed by atoms with van der Waals surface area (Å²) in [5.41, 5.74) is 1.81. The highest BCUT2D eigenvalue weighted by molar-refractivity contribution is 6.33. The van der Waals surface area contributed by atoms with Crippen molar-refractivity contribution in [3.05, 3.63) is 58.9 Å². The first kappa shape index (κ1) is 11.1. The number of halogens is 2. The zero-order chi connectivity index (χ0) is 11.5. The van der Waals surface area contributed by atoms with Gasteiger partial charge in [-0.05, 0) is 17.7 Å². The summed E-state index contributed by atoms with van der Waals surface area (Å²) in [6, 6.07) is 12.7. The highest BCUT2D eigenvalue weighted by Crippen LogP contribution is 2.28. The van der Waals surface area contributed by atoms with Crippen LogP contribution in [0.4, 0.5) is 4.39 Å². The van der Waals surface area contributed by atoms with Crippen molar-refractivity contribution in [3.63, 3.8) is 0 Å². The van der Waals surface area contributed by atoms with Crippen LogP contribution in [0.2, 0.25) is 5.02 Å². The Morgan fingerprint density at radius 2 is 2.12 bits per heavy atom. The zero-order valence-electron chi connectivity index (χ0n) is 8.37. The molecule has 81 valence electrons. The Labute approximate surface area is 98.1 Å². The van der Waals surface area contributed by atoms with Crippen molar-refractivity contribution in [1.82, 2.24) is 0 Å². The molecule has 0 atom stereocenters. The number of benzene rings is 2. The molecule has 2 aromatic rings. The molecule has 0 bridgehead atoms. The second-order valence-corrected chi connectivity index (χ2v) is 3.74. The van der Waals surface area contributed by atoms with Gasteiger partial charge in [0.05, 0.1) is 11.6 Å². The number of hydrogen-bond acceptors (Lipinski definition) is 1. The second-order valence-electron chi connectivity index (χ2n) is 3.36. The topological polar surface area (TPSA) is 20.2 Å². The van der Waals surface area contributed by atoms with Crippen LogP contribution in [-0.2, 0) is 6.61 Å². The number of aliphatic hydroxyl groups excluding tert-OH is 1. The van der Waals surface area contributed by atoms with Crippen LogP contribution < -0.4 is 0 Å². The Hall–Kier alpha value is -1.38. The lowest BCUT2D eigenvalue weighted by Gasteiger charge is -2.06. The van der Waals surface area contributed by atoms with Crippen molar-refractivity contribution >= 4 is 11.6 Å². The molecule has 0 aliphatic carbocycles. The van der Waals surface area contributed by atoms with E-state index in [4.69, 9.17) is 16.7 Å². The summed E-state index contributed by atoms with van der Waals surface area (Å²) in [4.78, 5) is 0. The smallest absolute Gasteiger partial charge is 0.128 e. The maximum absolute atomic E-state index is 13.2. The van der Waals surface area contributed by atoms with Gasteiger partial charge in [-0.2, -0.15) is 0 Å². The molecular weight excluding hydrogens is 227 g/mol. The van der Waals surface area contributed by atoms with Crippen LogP contribution in [0.5, 0.6) is 0 Å². The molecule has 2 rings (SSSR count). The second kappa shape index (κ2) is 4.64. The van der Waals surface area contributed by atoms with Crippen molar-refractivity contribution in [2.24, 2.45) is 0 Å². The first-order valence-corrected chi connectivity index (χ1v) is 5.16. The van der Waals surface area contributed by atoms with E-state index in [0.717, 1.165) is 11.1 Å². The first-order valence-electron chi connectivity index (χ1n) is 4.78. The lowest BCUT2D eigenvalue weighted by atomic mass is 10.0. The molecule has 1 nitrogen and oxygen atoms in total. The van der Waals surface area contributed by atoms with Gasteiger partial charge < -0.3 is 5.11 Å². The van der Waals surface area contributed by atoms with Gasteiger partial charge in [-0.25, -0.2) is 4.39 Å². The van der Waals surface area contributed by atoms with Crippen LogP contribution >= 0.6 is 11.6 Å². The summed E-state index contributed by atoms with van der Waals surface area (Å²) in [6.45, 7) is -0.326. The molecule has 0 aliphatic rings. The summed E-state index contributed by atoms with van der Waals surface area (Å²) >= 11 is 5.98. The molecule has 16 heavy (non-hydrogen) atoms. The van der Waals surface area contributed by atoms with Gasteiger partial charge >= 0.3 is 0 Å². The van der Waals surface area contributed by atoms with Crippen LogP contribution in [-0.4, -0.2) is 5.11 Å². The highest BCUT2D eigenvalue weighted by Gasteiger charge is 2.06. The summed E-state index contributed by atoms with van der Waals surface area (Å²) in [5.74, 6) is -0.415. The minimum absolute atomic E-state index is 0.261. The maximum Gasteiger partial charge on any atom is 0.128 e. The molecule has 0 spiro atoms. The molecule has 0 unspecified atom stereocenters. The molecule has 0 aromatic heterocycles. The molecule has 0 amide bonds. The fourth-order valence-corrected chi connectivity index (χ4v) is 1.74. The van der Waals surface area contributed by atoms with Gasteiger partial charge in [-0.1, -0.05) is 35.9 Å². The maximum atomic E-state index is 13.2. The van der Waals surface area contributed by atoms with E-state index in [1.54, 1.807) is 18.2 Å². The van der Waals surface area contributed by atoms with E-state index >= 15 is 0 Å². The quantitative estimate of drug-likeness (QED) is 0.846. The van der Waals surface area contributed by atoms with Crippen molar-refractivity contribution in [3.8, 4) is 11.1 Å². The summed E-state index contributed by atoms with van der Waals surface area (Å²) in [5, 5.41) is 9.46. The van der Waals surface area contributed by atoms with E-state index in [1.165, 1.54) is 6.07 Å². The third-order valence-corrected chi connectivity index (χ3v) is 2.65. The third-order valence-electron chi connectivity index (χ3n) is 2.33. The van der Waals surface area contributed by atoms with E-state index in [0.29, 0.717) is 5.02 Å². The summed E-state index contributed by atoms with van der Waals surface area (Å²) in [7, 11) is 0. The molecule has 0 fully saturated rings. The molecule has 1 radical (unpaired) electrons. The largest absolute Gasteiger partial charge is 0.392 e. The normalized spacial score (nSPS) is 10.4.